The van der Waals surface area contributed by atoms with Gasteiger partial charge in [-0.05, 0) is 66.1 Å². The van der Waals surface area contributed by atoms with Gasteiger partial charge in [0.1, 0.15) is 17.5 Å². The van der Waals surface area contributed by atoms with Gasteiger partial charge >= 0.3 is 0 Å². The van der Waals surface area contributed by atoms with Crippen LogP contribution in [0.3, 0.4) is 0 Å². The lowest BCUT2D eigenvalue weighted by Gasteiger charge is -2.38. The largest absolute Gasteiger partial charge is 0.380 e. The summed E-state index contributed by atoms with van der Waals surface area (Å²) in [5, 5.41) is 4.47. The summed E-state index contributed by atoms with van der Waals surface area (Å²) in [7, 11) is -2.08. The Hall–Kier alpha value is -3.28. The summed E-state index contributed by atoms with van der Waals surface area (Å²) in [6.45, 7) is 2.15. The van der Waals surface area contributed by atoms with Gasteiger partial charge in [0.15, 0.2) is 9.84 Å². The molecule has 0 saturated heterocycles. The molecule has 4 aromatic rings. The summed E-state index contributed by atoms with van der Waals surface area (Å²) in [5.74, 6) is -0.912. The number of imidazole rings is 1. The van der Waals surface area contributed by atoms with Crippen LogP contribution >= 0.6 is 0 Å². The van der Waals surface area contributed by atoms with Crippen LogP contribution in [-0.4, -0.2) is 53.5 Å². The van der Waals surface area contributed by atoms with Crippen molar-refractivity contribution in [2.24, 2.45) is 11.7 Å². The number of nitrogens with zero attached hydrogens (tertiary/aromatic N) is 4. The average molecular weight is 542 g/mol. The maximum atomic E-state index is 14.9. The van der Waals surface area contributed by atoms with Gasteiger partial charge in [0, 0.05) is 38.2 Å². The summed E-state index contributed by atoms with van der Waals surface area (Å²) in [4.78, 5) is 8.41. The molecule has 2 N–H and O–H groups in total. The van der Waals surface area contributed by atoms with Gasteiger partial charge in [-0.2, -0.15) is 5.10 Å². The smallest absolute Gasteiger partial charge is 0.175 e. The van der Waals surface area contributed by atoms with Gasteiger partial charge < -0.3 is 10.5 Å². The summed E-state index contributed by atoms with van der Waals surface area (Å²) < 4.78 is 60.5. The normalized spacial score (nSPS) is 22.2. The molecule has 200 valence electrons. The fraction of sp³-hybridized carbons (Fsp3) is 0.370. The Labute approximate surface area is 219 Å². The summed E-state index contributed by atoms with van der Waals surface area (Å²) in [6.07, 6.45) is 8.24. The highest BCUT2D eigenvalue weighted by Gasteiger charge is 2.35. The van der Waals surface area contributed by atoms with Crippen LogP contribution in [0, 0.1) is 17.6 Å². The van der Waals surface area contributed by atoms with Gasteiger partial charge in [-0.3, -0.25) is 4.98 Å². The monoisotopic (exact) mass is 541 g/mol. The molecular formula is C27H29F2N5O3S. The highest BCUT2D eigenvalue weighted by molar-refractivity contribution is 7.90. The zero-order valence-electron chi connectivity index (χ0n) is 21.3. The number of aromatic nitrogens is 4. The number of nitrogens with two attached hydrogens (primary N) is 1. The van der Waals surface area contributed by atoms with E-state index in [1.807, 2.05) is 12.3 Å². The first kappa shape index (κ1) is 26.3. The molecule has 1 aliphatic carbocycles. The quantitative estimate of drug-likeness (QED) is 0.394. The van der Waals surface area contributed by atoms with Gasteiger partial charge in [-0.25, -0.2) is 26.7 Å². The first-order valence-corrected chi connectivity index (χ1v) is 14.2. The highest BCUT2D eigenvalue weighted by Crippen LogP contribution is 2.38. The van der Waals surface area contributed by atoms with Crippen molar-refractivity contribution >= 4 is 15.4 Å². The van der Waals surface area contributed by atoms with Crippen molar-refractivity contribution in [1.82, 2.24) is 19.6 Å². The Kier molecular flexibility index (Phi) is 7.01. The number of ether oxygens (including phenoxy) is 1. The second-order valence-electron chi connectivity index (χ2n) is 10.0. The molecule has 1 fully saturated rings. The van der Waals surface area contributed by atoms with Crippen molar-refractivity contribution in [1.29, 1.82) is 0 Å². The van der Waals surface area contributed by atoms with E-state index < -0.39 is 31.9 Å². The molecule has 0 bridgehead atoms. The number of sulfone groups is 1. The van der Waals surface area contributed by atoms with E-state index in [2.05, 4.69) is 22.0 Å². The lowest BCUT2D eigenvalue weighted by atomic mass is 9.74. The van der Waals surface area contributed by atoms with Crippen LogP contribution in [0.2, 0.25) is 0 Å². The van der Waals surface area contributed by atoms with E-state index in [-0.39, 0.29) is 23.8 Å². The molecule has 0 radical (unpaired) electrons. The summed E-state index contributed by atoms with van der Waals surface area (Å²) in [6, 6.07) is 6.69. The minimum atomic E-state index is -3.78. The predicted octanol–water partition coefficient (Wildman–Crippen LogP) is 3.92. The zero-order valence-corrected chi connectivity index (χ0v) is 22.1. The lowest BCUT2D eigenvalue weighted by molar-refractivity contribution is 0.00970. The van der Waals surface area contributed by atoms with Crippen LogP contribution in [-0.2, 0) is 21.0 Å². The fourth-order valence-corrected chi connectivity index (χ4v) is 6.21. The van der Waals surface area contributed by atoms with E-state index in [1.54, 1.807) is 30.1 Å². The van der Waals surface area contributed by atoms with Crippen molar-refractivity contribution in [2.45, 2.75) is 49.1 Å². The van der Waals surface area contributed by atoms with Crippen molar-refractivity contribution in [3.63, 3.8) is 0 Å². The Morgan fingerprint density at radius 3 is 2.53 bits per heavy atom. The number of benzene rings is 1. The third kappa shape index (κ3) is 4.93. The average Bonchev–Trinajstić information content (AvgIpc) is 3.25. The van der Waals surface area contributed by atoms with Gasteiger partial charge in [-0.15, -0.1) is 0 Å². The summed E-state index contributed by atoms with van der Waals surface area (Å²) in [5.41, 5.74) is 8.82. The topological polar surface area (TPSA) is 112 Å². The lowest BCUT2D eigenvalue weighted by Crippen LogP contribution is -2.45. The third-order valence-corrected chi connectivity index (χ3v) is 8.44. The molecule has 5 rings (SSSR count). The molecule has 1 saturated carbocycles. The molecule has 0 spiro atoms. The molecular weight excluding hydrogens is 512 g/mol. The highest BCUT2D eigenvalue weighted by atomic mass is 32.2. The van der Waals surface area contributed by atoms with Crippen molar-refractivity contribution < 1.29 is 21.9 Å². The van der Waals surface area contributed by atoms with Crippen molar-refractivity contribution in [2.75, 3.05) is 13.4 Å². The van der Waals surface area contributed by atoms with Crippen LogP contribution < -0.4 is 5.73 Å². The van der Waals surface area contributed by atoms with Crippen LogP contribution in [0.4, 0.5) is 8.78 Å². The first-order chi connectivity index (χ1) is 18.1. The standard InChI is InChI=1S/C27H29F2N5O3S/c1-15-8-16(9-23(30)27(15)37-2)20-6-7-31-13-17(20)10-25-32-14-18-4-5-24(33-34(18)25)26-21(28)11-19(12-22(26)29)38(3,35)36/h4-7,11-16,23,27H,8-10,30H2,1-3H3/t15-,16+,23+,27+/m0/s1. The van der Waals surface area contributed by atoms with Gasteiger partial charge in [0.05, 0.1) is 34.0 Å². The van der Waals surface area contributed by atoms with E-state index in [9.17, 15) is 17.2 Å². The maximum absolute atomic E-state index is 14.9. The van der Waals surface area contributed by atoms with E-state index in [0.717, 1.165) is 42.4 Å². The second-order valence-corrected chi connectivity index (χ2v) is 12.0. The number of rotatable bonds is 6. The number of hydrogen-bond donors (Lipinski definition) is 1. The van der Waals surface area contributed by atoms with Gasteiger partial charge in [0.25, 0.3) is 0 Å². The number of halogens is 2. The van der Waals surface area contributed by atoms with Crippen LogP contribution in [0.5, 0.6) is 0 Å². The molecule has 0 unspecified atom stereocenters. The zero-order chi connectivity index (χ0) is 27.2. The van der Waals surface area contributed by atoms with E-state index >= 15 is 0 Å². The molecule has 1 aliphatic rings. The SMILES string of the molecule is CO[C@H]1[C@H](N)C[C@H](c2ccncc2Cc2ncc3ccc(-c4c(F)cc(S(C)(=O)=O)cc4F)nn23)C[C@@H]1C. The molecule has 8 nitrogen and oxygen atoms in total. The van der Waals surface area contributed by atoms with Crippen LogP contribution in [0.15, 0.2) is 53.8 Å². The molecule has 0 amide bonds. The molecule has 38 heavy (non-hydrogen) atoms. The van der Waals surface area contributed by atoms with Crippen LogP contribution in [0.25, 0.3) is 16.8 Å². The molecule has 3 aromatic heterocycles. The molecule has 1 aromatic carbocycles. The van der Waals surface area contributed by atoms with E-state index in [1.165, 1.54) is 6.07 Å². The molecule has 11 heteroatoms. The van der Waals surface area contributed by atoms with Gasteiger partial charge in [-0.1, -0.05) is 6.92 Å². The maximum Gasteiger partial charge on any atom is 0.175 e. The molecule has 0 aliphatic heterocycles. The number of pyridine rings is 1. The van der Waals surface area contributed by atoms with E-state index in [4.69, 9.17) is 10.5 Å². The minimum absolute atomic E-state index is 0.0164. The Morgan fingerprint density at radius 2 is 1.87 bits per heavy atom. The van der Waals surface area contributed by atoms with Gasteiger partial charge in [0.2, 0.25) is 0 Å². The number of methoxy groups -OCH3 is 1. The van der Waals surface area contributed by atoms with Crippen molar-refractivity contribution in [3.05, 3.63) is 77.5 Å². The second kappa shape index (κ2) is 10.1. The predicted molar refractivity (Wildman–Crippen MR) is 138 cm³/mol. The number of hydrogen-bond acceptors (Lipinski definition) is 7. The minimum Gasteiger partial charge on any atom is -0.380 e. The number of fused-ring (bicyclic) bond motifs is 1. The Bertz CT molecular complexity index is 1570. The summed E-state index contributed by atoms with van der Waals surface area (Å²) >= 11 is 0. The fourth-order valence-electron chi connectivity index (χ4n) is 5.58. The van der Waals surface area contributed by atoms with Crippen molar-refractivity contribution in [3.8, 4) is 11.3 Å². The van der Waals surface area contributed by atoms with E-state index in [0.29, 0.717) is 23.7 Å². The van der Waals surface area contributed by atoms with Crippen LogP contribution in [0.1, 0.15) is 42.6 Å². The molecule has 4 atom stereocenters. The molecule has 3 heterocycles. The first-order valence-electron chi connectivity index (χ1n) is 12.3. The Balaban J connectivity index is 1.50. The third-order valence-electron chi connectivity index (χ3n) is 7.35. The Morgan fingerprint density at radius 1 is 1.13 bits per heavy atom.